The van der Waals surface area contributed by atoms with Crippen LogP contribution >= 0.6 is 0 Å². The van der Waals surface area contributed by atoms with Gasteiger partial charge in [-0.3, -0.25) is 9.59 Å². The van der Waals surface area contributed by atoms with E-state index >= 15 is 0 Å². The highest BCUT2D eigenvalue weighted by atomic mass is 16.5. The molecule has 0 saturated carbocycles. The number of carbonyl (C=O) groups excluding carboxylic acids is 1. The van der Waals surface area contributed by atoms with Gasteiger partial charge in [0, 0.05) is 23.8 Å². The van der Waals surface area contributed by atoms with E-state index in [9.17, 15) is 14.4 Å². The molecule has 0 unspecified atom stereocenters. The number of nitrogens with one attached hydrogen (secondary N) is 2. The first-order chi connectivity index (χ1) is 12.5. The van der Waals surface area contributed by atoms with E-state index in [1.807, 2.05) is 0 Å². The molecule has 1 aromatic heterocycles. The normalized spacial score (nSPS) is 20.0. The number of carboxylic acids is 1. The van der Waals surface area contributed by atoms with E-state index in [0.717, 1.165) is 0 Å². The minimum Gasteiger partial charge on any atom is -0.480 e. The number of pyridine rings is 1. The third kappa shape index (κ3) is 3.92. The van der Waals surface area contributed by atoms with Crippen LogP contribution in [0.25, 0.3) is 10.9 Å². The number of ether oxygens (including phenoxy) is 2. The maximum atomic E-state index is 12.8. The highest BCUT2D eigenvalue weighted by Crippen LogP contribution is 2.17. The summed E-state index contributed by atoms with van der Waals surface area (Å²) in [6.45, 7) is 1.96. The number of hydrogen-bond donors (Lipinski definition) is 3. The zero-order valence-electron chi connectivity index (χ0n) is 14.3. The van der Waals surface area contributed by atoms with Crippen LogP contribution in [0.3, 0.4) is 0 Å². The lowest BCUT2D eigenvalue weighted by Crippen LogP contribution is -2.50. The van der Waals surface area contributed by atoms with Crippen molar-refractivity contribution in [3.05, 3.63) is 45.7 Å². The molecule has 1 amide bonds. The van der Waals surface area contributed by atoms with Crippen LogP contribution in [0.1, 0.15) is 22.5 Å². The van der Waals surface area contributed by atoms with E-state index in [4.69, 9.17) is 14.6 Å². The van der Waals surface area contributed by atoms with Gasteiger partial charge in [0.25, 0.3) is 5.91 Å². The SMILES string of the molecule is Cc1cc(=O)c2cccc(C(=O)N[C@@H]3CCOC[C@H]3OCC(=O)O)c2[nH]1. The van der Waals surface area contributed by atoms with Crippen molar-refractivity contribution in [1.82, 2.24) is 10.3 Å². The van der Waals surface area contributed by atoms with E-state index in [1.54, 1.807) is 25.1 Å². The Morgan fingerprint density at radius 1 is 1.42 bits per heavy atom. The smallest absolute Gasteiger partial charge is 0.329 e. The van der Waals surface area contributed by atoms with Gasteiger partial charge in [-0.2, -0.15) is 0 Å². The number of aliphatic carboxylic acids is 1. The summed E-state index contributed by atoms with van der Waals surface area (Å²) in [5.41, 5.74) is 1.34. The number of amides is 1. The molecule has 3 N–H and O–H groups in total. The Morgan fingerprint density at radius 2 is 2.23 bits per heavy atom. The fourth-order valence-corrected chi connectivity index (χ4v) is 3.05. The third-order valence-corrected chi connectivity index (χ3v) is 4.29. The van der Waals surface area contributed by atoms with Gasteiger partial charge in [0.15, 0.2) is 5.43 Å². The maximum absolute atomic E-state index is 12.8. The summed E-state index contributed by atoms with van der Waals surface area (Å²) in [6, 6.07) is 6.07. The molecule has 0 aliphatic carbocycles. The van der Waals surface area contributed by atoms with Crippen molar-refractivity contribution in [2.75, 3.05) is 19.8 Å². The topological polar surface area (TPSA) is 118 Å². The molecule has 8 nitrogen and oxygen atoms in total. The van der Waals surface area contributed by atoms with Crippen molar-refractivity contribution in [3.8, 4) is 0 Å². The van der Waals surface area contributed by atoms with Gasteiger partial charge in [-0.25, -0.2) is 4.79 Å². The number of benzene rings is 1. The Bertz CT molecular complexity index is 891. The third-order valence-electron chi connectivity index (χ3n) is 4.29. The molecule has 2 atom stereocenters. The summed E-state index contributed by atoms with van der Waals surface area (Å²) >= 11 is 0. The van der Waals surface area contributed by atoms with Crippen LogP contribution in [0.5, 0.6) is 0 Å². The van der Waals surface area contributed by atoms with E-state index in [0.29, 0.717) is 35.2 Å². The van der Waals surface area contributed by atoms with Gasteiger partial charge in [-0.05, 0) is 25.5 Å². The van der Waals surface area contributed by atoms with Crippen molar-refractivity contribution in [3.63, 3.8) is 0 Å². The van der Waals surface area contributed by atoms with Gasteiger partial charge in [0.1, 0.15) is 12.7 Å². The van der Waals surface area contributed by atoms with Crippen LogP contribution in [-0.2, 0) is 14.3 Å². The van der Waals surface area contributed by atoms with Crippen LogP contribution in [0.4, 0.5) is 0 Å². The van der Waals surface area contributed by atoms with Crippen molar-refractivity contribution >= 4 is 22.8 Å². The first-order valence-corrected chi connectivity index (χ1v) is 8.30. The molecule has 0 radical (unpaired) electrons. The van der Waals surface area contributed by atoms with Crippen molar-refractivity contribution in [2.24, 2.45) is 0 Å². The molecule has 1 aliphatic heterocycles. The molecule has 138 valence electrons. The largest absolute Gasteiger partial charge is 0.480 e. The summed E-state index contributed by atoms with van der Waals surface area (Å²) in [4.78, 5) is 38.7. The van der Waals surface area contributed by atoms with E-state index in [-0.39, 0.29) is 24.0 Å². The van der Waals surface area contributed by atoms with E-state index in [2.05, 4.69) is 10.3 Å². The van der Waals surface area contributed by atoms with Crippen LogP contribution in [0.15, 0.2) is 29.1 Å². The average Bonchev–Trinajstić information content (AvgIpc) is 2.60. The van der Waals surface area contributed by atoms with Gasteiger partial charge in [0.2, 0.25) is 0 Å². The second-order valence-corrected chi connectivity index (χ2v) is 6.23. The lowest BCUT2D eigenvalue weighted by molar-refractivity contribution is -0.148. The van der Waals surface area contributed by atoms with Crippen LogP contribution < -0.4 is 10.7 Å². The average molecular weight is 360 g/mol. The van der Waals surface area contributed by atoms with Gasteiger partial charge >= 0.3 is 5.97 Å². The van der Waals surface area contributed by atoms with E-state index < -0.39 is 18.7 Å². The number of carboxylic acid groups (broad SMARTS) is 1. The molecule has 0 spiro atoms. The number of aryl methyl sites for hydroxylation is 1. The molecular formula is C18H20N2O6. The summed E-state index contributed by atoms with van der Waals surface area (Å²) in [7, 11) is 0. The molecule has 0 bridgehead atoms. The number of para-hydroxylation sites is 1. The zero-order chi connectivity index (χ0) is 18.7. The zero-order valence-corrected chi connectivity index (χ0v) is 14.3. The molecule has 26 heavy (non-hydrogen) atoms. The number of hydrogen-bond acceptors (Lipinski definition) is 5. The lowest BCUT2D eigenvalue weighted by atomic mass is 10.0. The molecule has 1 fully saturated rings. The number of rotatable bonds is 5. The highest BCUT2D eigenvalue weighted by Gasteiger charge is 2.29. The Balaban J connectivity index is 1.84. The van der Waals surface area contributed by atoms with Crippen LogP contribution in [0.2, 0.25) is 0 Å². The van der Waals surface area contributed by atoms with Gasteiger partial charge in [0.05, 0.1) is 23.7 Å². The number of fused-ring (bicyclic) bond motifs is 1. The molecular weight excluding hydrogens is 340 g/mol. The number of carbonyl (C=O) groups is 2. The van der Waals surface area contributed by atoms with Crippen LogP contribution in [0, 0.1) is 6.92 Å². The highest BCUT2D eigenvalue weighted by molar-refractivity contribution is 6.05. The second-order valence-electron chi connectivity index (χ2n) is 6.23. The molecule has 1 aromatic carbocycles. The molecule has 2 aromatic rings. The first kappa shape index (κ1) is 18.1. The number of H-pyrrole nitrogens is 1. The summed E-state index contributed by atoms with van der Waals surface area (Å²) in [6.07, 6.45) is -0.0318. The fourth-order valence-electron chi connectivity index (χ4n) is 3.05. The molecule has 3 rings (SSSR count). The second kappa shape index (κ2) is 7.67. The Labute approximate surface area is 149 Å². The fraction of sp³-hybridized carbons (Fsp3) is 0.389. The van der Waals surface area contributed by atoms with Crippen molar-refractivity contribution < 1.29 is 24.2 Å². The standard InChI is InChI=1S/C18H20N2O6/c1-10-7-14(21)11-3-2-4-12(17(11)19-10)18(24)20-13-5-6-25-8-15(13)26-9-16(22)23/h2-4,7,13,15H,5-6,8-9H2,1H3,(H,19,21)(H,20,24)(H,22,23)/t13-,15-/m1/s1. The van der Waals surface area contributed by atoms with Gasteiger partial charge in [-0.15, -0.1) is 0 Å². The Hall–Kier alpha value is -2.71. The monoisotopic (exact) mass is 360 g/mol. The predicted molar refractivity (Wildman–Crippen MR) is 93.4 cm³/mol. The van der Waals surface area contributed by atoms with Crippen molar-refractivity contribution in [2.45, 2.75) is 25.5 Å². The predicted octanol–water partition coefficient (Wildman–Crippen LogP) is 0.825. The van der Waals surface area contributed by atoms with Gasteiger partial charge < -0.3 is 24.9 Å². The minimum atomic E-state index is -1.08. The molecule has 2 heterocycles. The lowest BCUT2D eigenvalue weighted by Gasteiger charge is -2.31. The summed E-state index contributed by atoms with van der Waals surface area (Å²) < 4.78 is 10.6. The summed E-state index contributed by atoms with van der Waals surface area (Å²) in [5, 5.41) is 12.1. The van der Waals surface area contributed by atoms with Crippen molar-refractivity contribution in [1.29, 1.82) is 0 Å². The minimum absolute atomic E-state index is 0.153. The van der Waals surface area contributed by atoms with E-state index in [1.165, 1.54) is 6.07 Å². The van der Waals surface area contributed by atoms with Gasteiger partial charge in [-0.1, -0.05) is 6.07 Å². The molecule has 8 heteroatoms. The van der Waals surface area contributed by atoms with Crippen LogP contribution in [-0.4, -0.2) is 53.9 Å². The Morgan fingerprint density at radius 3 is 3.00 bits per heavy atom. The summed E-state index contributed by atoms with van der Waals surface area (Å²) in [5.74, 6) is -1.43. The Kier molecular flexibility index (Phi) is 5.34. The molecule has 1 saturated heterocycles. The number of aromatic amines is 1. The quantitative estimate of drug-likeness (QED) is 0.727. The number of aromatic nitrogens is 1. The first-order valence-electron chi connectivity index (χ1n) is 8.30. The molecule has 1 aliphatic rings. The maximum Gasteiger partial charge on any atom is 0.329 e.